The van der Waals surface area contributed by atoms with Crippen molar-refractivity contribution in [2.75, 3.05) is 20.6 Å². The van der Waals surface area contributed by atoms with Crippen LogP contribution in [0.15, 0.2) is 54.6 Å². The van der Waals surface area contributed by atoms with E-state index in [1.54, 1.807) is 0 Å². The largest absolute Gasteiger partial charge is 0.335 e. The van der Waals surface area contributed by atoms with Crippen molar-refractivity contribution in [3.63, 3.8) is 0 Å². The molecule has 1 saturated heterocycles. The Morgan fingerprint density at radius 3 is 2.10 bits per heavy atom. The Morgan fingerprint density at radius 1 is 1.00 bits per heavy atom. The second-order valence-electron chi connectivity index (χ2n) is 8.33. The van der Waals surface area contributed by atoms with Crippen LogP contribution in [-0.2, 0) is 9.59 Å². The van der Waals surface area contributed by atoms with E-state index in [0.717, 1.165) is 30.7 Å². The van der Waals surface area contributed by atoms with Crippen molar-refractivity contribution < 1.29 is 9.59 Å². The number of hydrogen-bond donors (Lipinski definition) is 1. The number of rotatable bonds is 5. The molecule has 2 aromatic carbocycles. The Kier molecular flexibility index (Phi) is 10.8. The highest BCUT2D eigenvalue weighted by atomic mass is 35.5. The van der Waals surface area contributed by atoms with Gasteiger partial charge in [-0.25, -0.2) is 0 Å². The average Bonchev–Trinajstić information content (AvgIpc) is 3.58. The summed E-state index contributed by atoms with van der Waals surface area (Å²) in [6.07, 6.45) is 5.55. The first-order valence-corrected chi connectivity index (χ1v) is 11.5. The topological polar surface area (TPSA) is 49.4 Å². The van der Waals surface area contributed by atoms with Crippen molar-refractivity contribution in [2.24, 2.45) is 11.8 Å². The maximum absolute atomic E-state index is 12.7. The summed E-state index contributed by atoms with van der Waals surface area (Å²) >= 11 is 5.54. The molecule has 2 unspecified atom stereocenters. The van der Waals surface area contributed by atoms with Crippen LogP contribution in [0.4, 0.5) is 0 Å². The van der Waals surface area contributed by atoms with Gasteiger partial charge >= 0.3 is 0 Å². The van der Waals surface area contributed by atoms with E-state index in [1.165, 1.54) is 24.0 Å². The van der Waals surface area contributed by atoms with Gasteiger partial charge < -0.3 is 15.0 Å². The minimum atomic E-state index is -0.0945. The summed E-state index contributed by atoms with van der Waals surface area (Å²) in [5.41, 5.74) is 2.48. The van der Waals surface area contributed by atoms with Gasteiger partial charge in [-0.3, -0.25) is 4.79 Å². The van der Waals surface area contributed by atoms with Crippen LogP contribution >= 0.6 is 11.6 Å². The molecular formula is C26H35ClN2O2. The Morgan fingerprint density at radius 2 is 1.61 bits per heavy atom. The molecule has 0 aromatic heterocycles. The standard InChI is InChI=1S/C18H23NO2.C6H5Cl.C2H7N/c1-13-2-6-15(7-3-13)17-9-8-16(10-11-20)18(21)19(17)12-14-4-5-14;7-6-4-2-1-3-5-6;1-3-2/h2-3,6-7,11,14,16-17H,4-5,8-10,12H2,1H3;1-5H;3H,1-2H3. The van der Waals surface area contributed by atoms with Crippen molar-refractivity contribution >= 4 is 23.8 Å². The number of likely N-dealkylation sites (tertiary alicyclic amines) is 1. The van der Waals surface area contributed by atoms with Crippen LogP contribution in [0.1, 0.15) is 49.3 Å². The number of aldehydes is 1. The number of nitrogens with zero attached hydrogens (tertiary/aromatic N) is 1. The molecule has 2 aromatic rings. The molecule has 5 heteroatoms. The predicted octanol–water partition coefficient (Wildman–Crippen LogP) is 5.45. The van der Waals surface area contributed by atoms with E-state index in [0.29, 0.717) is 12.3 Å². The summed E-state index contributed by atoms with van der Waals surface area (Å²) in [6.45, 7) is 2.95. The van der Waals surface area contributed by atoms with Gasteiger partial charge in [-0.1, -0.05) is 59.6 Å². The van der Waals surface area contributed by atoms with E-state index < -0.39 is 0 Å². The van der Waals surface area contributed by atoms with Gasteiger partial charge in [0.05, 0.1) is 6.04 Å². The maximum atomic E-state index is 12.7. The summed E-state index contributed by atoms with van der Waals surface area (Å²) in [5, 5.41) is 3.54. The van der Waals surface area contributed by atoms with Gasteiger partial charge in [0, 0.05) is 23.9 Å². The first-order chi connectivity index (χ1) is 15.0. The lowest BCUT2D eigenvalue weighted by Crippen LogP contribution is -2.44. The Labute approximate surface area is 192 Å². The highest BCUT2D eigenvalue weighted by Gasteiger charge is 2.38. The molecule has 1 N–H and O–H groups in total. The van der Waals surface area contributed by atoms with Gasteiger partial charge in [-0.2, -0.15) is 0 Å². The molecule has 168 valence electrons. The molecule has 1 aliphatic heterocycles. The smallest absolute Gasteiger partial charge is 0.226 e. The van der Waals surface area contributed by atoms with Crippen molar-refractivity contribution in [3.8, 4) is 0 Å². The lowest BCUT2D eigenvalue weighted by Gasteiger charge is -2.39. The molecule has 0 bridgehead atoms. The highest BCUT2D eigenvalue weighted by molar-refractivity contribution is 6.30. The molecule has 1 saturated carbocycles. The minimum absolute atomic E-state index is 0.0945. The number of hydrogen-bond acceptors (Lipinski definition) is 3. The normalized spacial score (nSPS) is 20.1. The van der Waals surface area contributed by atoms with E-state index in [-0.39, 0.29) is 17.9 Å². The van der Waals surface area contributed by atoms with Crippen molar-refractivity contribution in [1.82, 2.24) is 10.2 Å². The fourth-order valence-electron chi connectivity index (χ4n) is 3.71. The number of carbonyl (C=O) groups is 2. The molecule has 31 heavy (non-hydrogen) atoms. The number of carbonyl (C=O) groups excluding carboxylic acids is 2. The molecule has 1 heterocycles. The minimum Gasteiger partial charge on any atom is -0.335 e. The zero-order chi connectivity index (χ0) is 22.6. The molecule has 1 amide bonds. The summed E-state index contributed by atoms with van der Waals surface area (Å²) in [6, 6.07) is 18.2. The maximum Gasteiger partial charge on any atom is 0.226 e. The van der Waals surface area contributed by atoms with E-state index in [1.807, 2.05) is 44.4 Å². The van der Waals surface area contributed by atoms with Gasteiger partial charge in [0.15, 0.2) is 0 Å². The number of nitrogens with one attached hydrogen (secondary N) is 1. The fourth-order valence-corrected chi connectivity index (χ4v) is 3.85. The quantitative estimate of drug-likeness (QED) is 0.626. The Hall–Kier alpha value is -2.17. The lowest BCUT2D eigenvalue weighted by atomic mass is 9.86. The molecule has 4 rings (SSSR count). The van der Waals surface area contributed by atoms with Crippen molar-refractivity contribution in [1.29, 1.82) is 0 Å². The van der Waals surface area contributed by atoms with Gasteiger partial charge in [0.2, 0.25) is 5.91 Å². The lowest BCUT2D eigenvalue weighted by molar-refractivity contribution is -0.143. The molecule has 0 radical (unpaired) electrons. The first kappa shape index (κ1) is 25.1. The van der Waals surface area contributed by atoms with E-state index in [9.17, 15) is 9.59 Å². The third-order valence-corrected chi connectivity index (χ3v) is 5.78. The summed E-state index contributed by atoms with van der Waals surface area (Å²) in [4.78, 5) is 25.5. The monoisotopic (exact) mass is 442 g/mol. The van der Waals surface area contributed by atoms with Crippen molar-refractivity contribution in [3.05, 3.63) is 70.7 Å². The van der Waals surface area contributed by atoms with Crippen LogP contribution in [0.2, 0.25) is 5.02 Å². The molecule has 2 fully saturated rings. The fraction of sp³-hybridized carbons (Fsp3) is 0.462. The number of aryl methyl sites for hydroxylation is 1. The van der Waals surface area contributed by atoms with Gasteiger partial charge in [0.25, 0.3) is 0 Å². The number of piperidine rings is 1. The summed E-state index contributed by atoms with van der Waals surface area (Å²) in [7, 11) is 3.75. The molecule has 0 spiro atoms. The van der Waals surface area contributed by atoms with E-state index in [2.05, 4.69) is 41.4 Å². The van der Waals surface area contributed by atoms with E-state index in [4.69, 9.17) is 11.6 Å². The third kappa shape index (κ3) is 8.47. The average molecular weight is 443 g/mol. The van der Waals surface area contributed by atoms with Crippen LogP contribution in [0.5, 0.6) is 0 Å². The second-order valence-corrected chi connectivity index (χ2v) is 8.77. The Bertz CT molecular complexity index is 791. The Balaban J connectivity index is 0.000000284. The third-order valence-electron chi connectivity index (χ3n) is 5.52. The van der Waals surface area contributed by atoms with Gasteiger partial charge in [0.1, 0.15) is 6.29 Å². The molecular weight excluding hydrogens is 408 g/mol. The predicted molar refractivity (Wildman–Crippen MR) is 128 cm³/mol. The van der Waals surface area contributed by atoms with Crippen LogP contribution in [-0.4, -0.2) is 37.7 Å². The van der Waals surface area contributed by atoms with Crippen LogP contribution < -0.4 is 5.32 Å². The zero-order valence-electron chi connectivity index (χ0n) is 18.9. The van der Waals surface area contributed by atoms with Crippen LogP contribution in [0.25, 0.3) is 0 Å². The van der Waals surface area contributed by atoms with E-state index >= 15 is 0 Å². The first-order valence-electron chi connectivity index (χ1n) is 11.1. The number of benzene rings is 2. The number of halogens is 1. The van der Waals surface area contributed by atoms with Crippen LogP contribution in [0, 0.1) is 18.8 Å². The van der Waals surface area contributed by atoms with Crippen LogP contribution in [0.3, 0.4) is 0 Å². The highest BCUT2D eigenvalue weighted by Crippen LogP contribution is 2.39. The molecule has 1 aliphatic carbocycles. The van der Waals surface area contributed by atoms with Gasteiger partial charge in [-0.05, 0) is 70.3 Å². The summed E-state index contributed by atoms with van der Waals surface area (Å²) in [5.74, 6) is 0.769. The zero-order valence-corrected chi connectivity index (χ0v) is 19.6. The molecule has 2 aliphatic rings. The number of amides is 1. The second kappa shape index (κ2) is 13.3. The SMILES string of the molecule is CNC.Cc1ccc(C2CCC(CC=O)C(=O)N2CC2CC2)cc1.Clc1ccccc1. The van der Waals surface area contributed by atoms with Crippen molar-refractivity contribution in [2.45, 2.75) is 45.1 Å². The molecule has 4 nitrogen and oxygen atoms in total. The van der Waals surface area contributed by atoms with Gasteiger partial charge in [-0.15, -0.1) is 0 Å². The summed E-state index contributed by atoms with van der Waals surface area (Å²) < 4.78 is 0. The molecule has 2 atom stereocenters.